The van der Waals surface area contributed by atoms with Crippen LogP contribution < -0.4 is 13.8 Å². The van der Waals surface area contributed by atoms with Crippen LogP contribution >= 0.6 is 0 Å². The van der Waals surface area contributed by atoms with Crippen molar-refractivity contribution in [3.8, 4) is 11.6 Å². The van der Waals surface area contributed by atoms with Gasteiger partial charge in [0.2, 0.25) is 5.88 Å². The van der Waals surface area contributed by atoms with Crippen LogP contribution in [-0.4, -0.2) is 55.4 Å². The Bertz CT molecular complexity index is 1310. The number of sulfonamides is 1. The van der Waals surface area contributed by atoms with Crippen molar-refractivity contribution in [1.82, 2.24) is 4.98 Å². The number of fused-ring (bicyclic) bond motifs is 1. The fourth-order valence-corrected chi connectivity index (χ4v) is 6.46. The normalized spacial score (nSPS) is 18.9. The Morgan fingerprint density at radius 3 is 2.68 bits per heavy atom. The second kappa shape index (κ2) is 11.3. The molecule has 0 spiro atoms. The number of aliphatic hydroxyl groups excluding tert-OH is 1. The highest BCUT2D eigenvalue weighted by Gasteiger charge is 2.37. The van der Waals surface area contributed by atoms with Crippen molar-refractivity contribution in [2.45, 2.75) is 70.3 Å². The molecule has 9 nitrogen and oxygen atoms in total. The molecule has 1 aromatic carbocycles. The summed E-state index contributed by atoms with van der Waals surface area (Å²) in [6, 6.07) is 6.96. The van der Waals surface area contributed by atoms with Gasteiger partial charge < -0.3 is 19.7 Å². The molecule has 206 valence electrons. The first-order valence-corrected chi connectivity index (χ1v) is 14.4. The molecule has 2 aliphatic rings. The van der Waals surface area contributed by atoms with E-state index in [9.17, 15) is 23.4 Å². The Kier molecular flexibility index (Phi) is 8.32. The number of carboxylic acids is 1. The van der Waals surface area contributed by atoms with E-state index in [-0.39, 0.29) is 43.4 Å². The third-order valence-electron chi connectivity index (χ3n) is 7.06. The molecule has 4 rings (SSSR count). The average molecular weight is 545 g/mol. The predicted molar refractivity (Wildman–Crippen MR) is 144 cm³/mol. The minimum absolute atomic E-state index is 0.0514. The van der Waals surface area contributed by atoms with Crippen LogP contribution in [0.5, 0.6) is 11.6 Å². The van der Waals surface area contributed by atoms with Crippen LogP contribution in [0.25, 0.3) is 6.08 Å². The number of hydrogen-bond acceptors (Lipinski definition) is 7. The van der Waals surface area contributed by atoms with Crippen molar-refractivity contribution >= 4 is 27.8 Å². The third-order valence-corrected chi connectivity index (χ3v) is 8.84. The highest BCUT2D eigenvalue weighted by atomic mass is 32.2. The highest BCUT2D eigenvalue weighted by Crippen LogP contribution is 2.42. The molecule has 0 bridgehead atoms. The van der Waals surface area contributed by atoms with Gasteiger partial charge in [0.05, 0.1) is 18.8 Å². The molecule has 0 amide bonds. The van der Waals surface area contributed by atoms with Gasteiger partial charge in [-0.15, -0.1) is 0 Å². The maximum Gasteiger partial charge on any atom is 0.303 e. The zero-order valence-electron chi connectivity index (χ0n) is 22.1. The first-order chi connectivity index (χ1) is 18.0. The molecule has 2 aromatic rings. The van der Waals surface area contributed by atoms with Crippen molar-refractivity contribution in [2.75, 3.05) is 24.1 Å². The molecule has 1 fully saturated rings. The number of aromatic nitrogens is 1. The van der Waals surface area contributed by atoms with Gasteiger partial charge >= 0.3 is 5.97 Å². The smallest absolute Gasteiger partial charge is 0.303 e. The molecule has 1 saturated carbocycles. The van der Waals surface area contributed by atoms with E-state index in [0.29, 0.717) is 22.4 Å². The van der Waals surface area contributed by atoms with Gasteiger partial charge in [0.15, 0.2) is 0 Å². The van der Waals surface area contributed by atoms with Crippen LogP contribution in [0.1, 0.15) is 63.5 Å². The summed E-state index contributed by atoms with van der Waals surface area (Å²) in [5.41, 5.74) is 3.56. The van der Waals surface area contributed by atoms with Crippen molar-refractivity contribution in [3.63, 3.8) is 0 Å². The number of hydrogen-bond donors (Lipinski definition) is 2. The zero-order chi connectivity index (χ0) is 27.5. The SMILES string of the molecule is Cc1cnc(OCCO)c(S(=O)(=O)N2C[C@H](CCC(=O)O)Oc3ccc(C=C4CCC(C)(C)CC4)cc32)c1. The molecular weight excluding hydrogens is 508 g/mol. The van der Waals surface area contributed by atoms with Crippen molar-refractivity contribution < 1.29 is 32.9 Å². The van der Waals surface area contributed by atoms with Gasteiger partial charge in [-0.05, 0) is 73.8 Å². The van der Waals surface area contributed by atoms with Crippen LogP contribution in [0.3, 0.4) is 0 Å². The molecule has 2 heterocycles. The van der Waals surface area contributed by atoms with Crippen LogP contribution in [0.4, 0.5) is 5.69 Å². The topological polar surface area (TPSA) is 126 Å². The summed E-state index contributed by atoms with van der Waals surface area (Å²) in [6.07, 6.45) is 7.21. The summed E-state index contributed by atoms with van der Waals surface area (Å²) >= 11 is 0. The van der Waals surface area contributed by atoms with E-state index in [1.165, 1.54) is 22.1 Å². The lowest BCUT2D eigenvalue weighted by Crippen LogP contribution is -2.44. The Labute approximate surface area is 224 Å². The van der Waals surface area contributed by atoms with E-state index in [2.05, 4.69) is 24.9 Å². The molecule has 38 heavy (non-hydrogen) atoms. The second-order valence-electron chi connectivity index (χ2n) is 10.8. The fraction of sp³-hybridized carbons (Fsp3) is 0.500. The number of anilines is 1. The average Bonchev–Trinajstić information content (AvgIpc) is 2.87. The number of pyridine rings is 1. The number of carboxylic acid groups (broad SMARTS) is 1. The second-order valence-corrected chi connectivity index (χ2v) is 12.6. The fourth-order valence-electron chi connectivity index (χ4n) is 4.79. The summed E-state index contributed by atoms with van der Waals surface area (Å²) in [5, 5.41) is 18.4. The standard InChI is InChI=1S/C28H36N2O7S/c1-19-14-25(27(29-17-19)36-13-12-31)38(34,35)30-18-22(5-7-26(32)33)37-24-6-4-21(16-23(24)30)15-20-8-10-28(2,3)11-9-20/h4,6,14-17,22,31H,5,7-13,18H2,1-3H3,(H,32,33)/t22-/m0/s1. The Balaban J connectivity index is 1.74. The number of aliphatic hydroxyl groups is 1. The molecule has 0 saturated heterocycles. The number of rotatable bonds is 9. The van der Waals surface area contributed by atoms with E-state index in [1.807, 2.05) is 12.1 Å². The van der Waals surface area contributed by atoms with Crippen molar-refractivity contribution in [3.05, 3.63) is 47.2 Å². The molecular formula is C28H36N2O7S. The lowest BCUT2D eigenvalue weighted by molar-refractivity contribution is -0.137. The van der Waals surface area contributed by atoms with E-state index >= 15 is 0 Å². The minimum atomic E-state index is -4.18. The molecule has 1 aliphatic carbocycles. The number of aliphatic carboxylic acids is 1. The van der Waals surface area contributed by atoms with E-state index in [1.54, 1.807) is 13.0 Å². The van der Waals surface area contributed by atoms with Gasteiger partial charge in [0.25, 0.3) is 10.0 Å². The molecule has 1 atom stereocenters. The third kappa shape index (κ3) is 6.47. The van der Waals surface area contributed by atoms with Gasteiger partial charge in [0.1, 0.15) is 23.4 Å². The number of ether oxygens (including phenoxy) is 2. The molecule has 2 N–H and O–H groups in total. The molecule has 0 unspecified atom stereocenters. The Morgan fingerprint density at radius 2 is 2.00 bits per heavy atom. The van der Waals surface area contributed by atoms with Crippen LogP contribution in [0.2, 0.25) is 0 Å². The lowest BCUT2D eigenvalue weighted by atomic mass is 9.75. The van der Waals surface area contributed by atoms with Gasteiger partial charge in [-0.1, -0.05) is 31.6 Å². The molecule has 0 radical (unpaired) electrons. The summed E-state index contributed by atoms with van der Waals surface area (Å²) in [6.45, 7) is 5.85. The lowest BCUT2D eigenvalue weighted by Gasteiger charge is -2.36. The molecule has 1 aromatic heterocycles. The maximum atomic E-state index is 14.1. The Hall–Kier alpha value is -3.11. The van der Waals surface area contributed by atoms with Crippen molar-refractivity contribution in [2.24, 2.45) is 5.41 Å². The highest BCUT2D eigenvalue weighted by molar-refractivity contribution is 7.93. The van der Waals surface area contributed by atoms with E-state index < -0.39 is 22.1 Å². The minimum Gasteiger partial charge on any atom is -0.486 e. The molecule has 10 heteroatoms. The van der Waals surface area contributed by atoms with Crippen LogP contribution in [0.15, 0.2) is 40.9 Å². The number of nitrogens with zero attached hydrogens (tertiary/aromatic N) is 2. The quantitative estimate of drug-likeness (QED) is 0.470. The van der Waals surface area contributed by atoms with Crippen molar-refractivity contribution in [1.29, 1.82) is 0 Å². The molecule has 1 aliphatic heterocycles. The van der Waals surface area contributed by atoms with Gasteiger partial charge in [0, 0.05) is 12.6 Å². The number of carbonyl (C=O) groups is 1. The maximum absolute atomic E-state index is 14.1. The summed E-state index contributed by atoms with van der Waals surface area (Å²) < 4.78 is 41.0. The number of aryl methyl sites for hydroxylation is 1. The first kappa shape index (κ1) is 27.9. The summed E-state index contributed by atoms with van der Waals surface area (Å²) in [5.74, 6) is -0.697. The van der Waals surface area contributed by atoms with E-state index in [0.717, 1.165) is 31.2 Å². The van der Waals surface area contributed by atoms with Crippen LogP contribution in [0, 0.1) is 12.3 Å². The largest absolute Gasteiger partial charge is 0.486 e. The monoisotopic (exact) mass is 544 g/mol. The zero-order valence-corrected chi connectivity index (χ0v) is 23.0. The van der Waals surface area contributed by atoms with Crippen LogP contribution in [-0.2, 0) is 14.8 Å². The first-order valence-electron chi connectivity index (χ1n) is 12.9. The van der Waals surface area contributed by atoms with Gasteiger partial charge in [-0.3, -0.25) is 9.10 Å². The van der Waals surface area contributed by atoms with Gasteiger partial charge in [-0.25, -0.2) is 13.4 Å². The summed E-state index contributed by atoms with van der Waals surface area (Å²) in [4.78, 5) is 15.2. The Morgan fingerprint density at radius 1 is 1.26 bits per heavy atom. The van der Waals surface area contributed by atoms with E-state index in [4.69, 9.17) is 9.47 Å². The summed E-state index contributed by atoms with van der Waals surface area (Å²) in [7, 11) is -4.18. The number of benzene rings is 1. The number of allylic oxidation sites excluding steroid dienone is 1. The van der Waals surface area contributed by atoms with Gasteiger partial charge in [-0.2, -0.15) is 0 Å². The predicted octanol–water partition coefficient (Wildman–Crippen LogP) is 4.57.